The first kappa shape index (κ1) is 19.4. The first-order chi connectivity index (χ1) is 12.9. The third kappa shape index (κ3) is 4.31. The maximum atomic E-state index is 12.5. The molecule has 1 fully saturated rings. The van der Waals surface area contributed by atoms with Gasteiger partial charge in [-0.1, -0.05) is 19.8 Å². The molecule has 6 nitrogen and oxygen atoms in total. The second kappa shape index (κ2) is 8.11. The molecule has 27 heavy (non-hydrogen) atoms. The number of carbonyl (C=O) groups is 3. The number of hydrogen-bond donors (Lipinski definition) is 1. The van der Waals surface area contributed by atoms with Crippen LogP contribution in [0.5, 0.6) is 5.75 Å². The number of amides is 2. The summed E-state index contributed by atoms with van der Waals surface area (Å²) >= 11 is 0. The van der Waals surface area contributed by atoms with E-state index in [2.05, 4.69) is 12.2 Å². The van der Waals surface area contributed by atoms with E-state index >= 15 is 0 Å². The van der Waals surface area contributed by atoms with Gasteiger partial charge in [0, 0.05) is 31.5 Å². The smallest absolute Gasteiger partial charge is 0.267 e. The standard InChI is InChI=1S/C21H28N2O4/c1-13-6-4-5-7-16(13)22-20(25)11-9-18(24)15-8-10-19-17(12-15)23(3)21(26)14(2)27-19/h8,10,12-14,16H,4-7,9,11H2,1-3H3,(H,22,25). The van der Waals surface area contributed by atoms with Crippen molar-refractivity contribution in [3.8, 4) is 5.75 Å². The summed E-state index contributed by atoms with van der Waals surface area (Å²) in [5.74, 6) is 0.765. The second-order valence-corrected chi connectivity index (χ2v) is 7.70. The SMILES string of the molecule is CC1Oc2ccc(C(=O)CCC(=O)NC3CCCCC3C)cc2N(C)C1=O. The Kier molecular flexibility index (Phi) is 5.82. The van der Waals surface area contributed by atoms with Crippen molar-refractivity contribution in [1.82, 2.24) is 5.32 Å². The molecule has 0 spiro atoms. The molecule has 1 heterocycles. The van der Waals surface area contributed by atoms with Gasteiger partial charge in [-0.05, 0) is 43.9 Å². The van der Waals surface area contributed by atoms with E-state index < -0.39 is 6.10 Å². The highest BCUT2D eigenvalue weighted by molar-refractivity contribution is 6.03. The number of hydrogen-bond acceptors (Lipinski definition) is 4. The highest BCUT2D eigenvalue weighted by Gasteiger charge is 2.29. The molecule has 0 radical (unpaired) electrons. The van der Waals surface area contributed by atoms with Gasteiger partial charge in [-0.2, -0.15) is 0 Å². The number of anilines is 1. The van der Waals surface area contributed by atoms with Crippen molar-refractivity contribution in [1.29, 1.82) is 0 Å². The Labute approximate surface area is 160 Å². The Morgan fingerprint density at radius 3 is 2.67 bits per heavy atom. The lowest BCUT2D eigenvalue weighted by molar-refractivity contribution is -0.125. The fourth-order valence-electron chi connectivity index (χ4n) is 3.87. The van der Waals surface area contributed by atoms with Crippen LogP contribution in [0.1, 0.15) is 62.7 Å². The van der Waals surface area contributed by atoms with Crippen molar-refractivity contribution in [2.24, 2.45) is 5.92 Å². The van der Waals surface area contributed by atoms with Crippen LogP contribution in [0.4, 0.5) is 5.69 Å². The first-order valence-corrected chi connectivity index (χ1v) is 9.77. The number of rotatable bonds is 5. The quantitative estimate of drug-likeness (QED) is 0.806. The number of Topliss-reactive ketones (excluding diaryl/α,β-unsaturated/α-hetero) is 1. The van der Waals surface area contributed by atoms with E-state index in [0.29, 0.717) is 22.9 Å². The van der Waals surface area contributed by atoms with Crippen LogP contribution in [0.15, 0.2) is 18.2 Å². The molecule has 1 aromatic rings. The van der Waals surface area contributed by atoms with Crippen LogP contribution < -0.4 is 15.0 Å². The van der Waals surface area contributed by atoms with Crippen LogP contribution in [0, 0.1) is 5.92 Å². The third-order valence-electron chi connectivity index (χ3n) is 5.66. The minimum Gasteiger partial charge on any atom is -0.479 e. The van der Waals surface area contributed by atoms with E-state index in [-0.39, 0.29) is 36.5 Å². The highest BCUT2D eigenvalue weighted by atomic mass is 16.5. The fraction of sp³-hybridized carbons (Fsp3) is 0.571. The predicted octanol–water partition coefficient (Wildman–Crippen LogP) is 3.09. The van der Waals surface area contributed by atoms with Gasteiger partial charge in [0.2, 0.25) is 5.91 Å². The summed E-state index contributed by atoms with van der Waals surface area (Å²) < 4.78 is 5.58. The van der Waals surface area contributed by atoms with Crippen molar-refractivity contribution in [3.05, 3.63) is 23.8 Å². The van der Waals surface area contributed by atoms with Gasteiger partial charge in [-0.3, -0.25) is 14.4 Å². The molecule has 0 bridgehead atoms. The van der Waals surface area contributed by atoms with Crippen molar-refractivity contribution >= 4 is 23.3 Å². The average molecular weight is 372 g/mol. The van der Waals surface area contributed by atoms with Crippen molar-refractivity contribution < 1.29 is 19.1 Å². The molecule has 146 valence electrons. The Balaban J connectivity index is 1.58. The first-order valence-electron chi connectivity index (χ1n) is 9.77. The number of likely N-dealkylation sites (N-methyl/N-ethyl adjacent to an activating group) is 1. The van der Waals surface area contributed by atoms with E-state index in [4.69, 9.17) is 4.74 Å². The molecule has 1 saturated carbocycles. The Hall–Kier alpha value is -2.37. The summed E-state index contributed by atoms with van der Waals surface area (Å²) in [7, 11) is 1.67. The molecule has 1 aromatic carbocycles. The monoisotopic (exact) mass is 372 g/mol. The molecular formula is C21H28N2O4. The lowest BCUT2D eigenvalue weighted by atomic mass is 9.86. The number of fused-ring (bicyclic) bond motifs is 1. The molecule has 1 aliphatic carbocycles. The second-order valence-electron chi connectivity index (χ2n) is 7.70. The maximum Gasteiger partial charge on any atom is 0.267 e. The molecule has 6 heteroatoms. The minimum atomic E-state index is -0.532. The predicted molar refractivity (Wildman–Crippen MR) is 103 cm³/mol. The van der Waals surface area contributed by atoms with Crippen LogP contribution in [0.3, 0.4) is 0 Å². The number of benzene rings is 1. The molecule has 2 aliphatic rings. The summed E-state index contributed by atoms with van der Waals surface area (Å²) in [5, 5.41) is 3.08. The molecule has 0 aromatic heterocycles. The van der Waals surface area contributed by atoms with Crippen LogP contribution in [0.2, 0.25) is 0 Å². The lowest BCUT2D eigenvalue weighted by Gasteiger charge is -2.30. The summed E-state index contributed by atoms with van der Waals surface area (Å²) in [6, 6.07) is 5.30. The zero-order chi connectivity index (χ0) is 19.6. The normalized spacial score (nSPS) is 24.8. The van der Waals surface area contributed by atoms with Crippen molar-refractivity contribution in [3.63, 3.8) is 0 Å². The molecule has 3 atom stereocenters. The van der Waals surface area contributed by atoms with E-state index in [9.17, 15) is 14.4 Å². The van der Waals surface area contributed by atoms with Gasteiger partial charge in [-0.15, -0.1) is 0 Å². The maximum absolute atomic E-state index is 12.5. The molecule has 1 N–H and O–H groups in total. The van der Waals surface area contributed by atoms with E-state index in [1.165, 1.54) is 11.3 Å². The number of nitrogens with one attached hydrogen (secondary N) is 1. The van der Waals surface area contributed by atoms with Gasteiger partial charge in [0.05, 0.1) is 5.69 Å². The molecule has 0 saturated heterocycles. The Morgan fingerprint density at radius 2 is 1.93 bits per heavy atom. The number of carbonyl (C=O) groups excluding carboxylic acids is 3. The Morgan fingerprint density at radius 1 is 1.19 bits per heavy atom. The fourth-order valence-corrected chi connectivity index (χ4v) is 3.87. The summed E-state index contributed by atoms with van der Waals surface area (Å²) in [6.45, 7) is 3.87. The zero-order valence-corrected chi connectivity index (χ0v) is 16.3. The van der Waals surface area contributed by atoms with Crippen LogP contribution in [-0.4, -0.2) is 36.8 Å². The minimum absolute atomic E-state index is 0.0653. The van der Waals surface area contributed by atoms with E-state index in [1.807, 2.05) is 0 Å². The van der Waals surface area contributed by atoms with Gasteiger partial charge < -0.3 is 15.0 Å². The van der Waals surface area contributed by atoms with Gasteiger partial charge in [0.25, 0.3) is 5.91 Å². The molecule has 3 rings (SSSR count). The van der Waals surface area contributed by atoms with Gasteiger partial charge in [0.1, 0.15) is 5.75 Å². The van der Waals surface area contributed by atoms with Gasteiger partial charge in [-0.25, -0.2) is 0 Å². The van der Waals surface area contributed by atoms with Crippen LogP contribution in [-0.2, 0) is 9.59 Å². The highest BCUT2D eigenvalue weighted by Crippen LogP contribution is 2.34. The van der Waals surface area contributed by atoms with Crippen LogP contribution in [0.25, 0.3) is 0 Å². The van der Waals surface area contributed by atoms with E-state index in [1.54, 1.807) is 32.2 Å². The number of nitrogens with zero attached hydrogens (tertiary/aromatic N) is 1. The topological polar surface area (TPSA) is 75.7 Å². The summed E-state index contributed by atoms with van der Waals surface area (Å²) in [5.41, 5.74) is 1.08. The van der Waals surface area contributed by atoms with Crippen molar-refractivity contribution in [2.75, 3.05) is 11.9 Å². The summed E-state index contributed by atoms with van der Waals surface area (Å²) in [6.07, 6.45) is 4.34. The van der Waals surface area contributed by atoms with Gasteiger partial charge >= 0.3 is 0 Å². The number of ketones is 1. The average Bonchev–Trinajstić information content (AvgIpc) is 2.66. The van der Waals surface area contributed by atoms with Crippen molar-refractivity contribution in [2.45, 2.75) is 64.5 Å². The molecule has 1 aliphatic heterocycles. The lowest BCUT2D eigenvalue weighted by Crippen LogP contribution is -2.42. The summed E-state index contributed by atoms with van der Waals surface area (Å²) in [4.78, 5) is 38.3. The zero-order valence-electron chi connectivity index (χ0n) is 16.3. The van der Waals surface area contributed by atoms with Gasteiger partial charge in [0.15, 0.2) is 11.9 Å². The molecular weight excluding hydrogens is 344 g/mol. The Bertz CT molecular complexity index is 746. The van der Waals surface area contributed by atoms with Crippen LogP contribution >= 0.6 is 0 Å². The third-order valence-corrected chi connectivity index (χ3v) is 5.66. The van der Waals surface area contributed by atoms with E-state index in [0.717, 1.165) is 19.3 Å². The number of ether oxygens (including phenoxy) is 1. The molecule has 2 amide bonds. The largest absolute Gasteiger partial charge is 0.479 e. The molecule has 3 unspecified atom stereocenters.